The fourth-order valence-electron chi connectivity index (χ4n) is 2.37. The van der Waals surface area contributed by atoms with Gasteiger partial charge < -0.3 is 15.2 Å². The Kier molecular flexibility index (Phi) is 7.45. The van der Waals surface area contributed by atoms with E-state index in [-0.39, 0.29) is 18.9 Å². The first-order valence-electron chi connectivity index (χ1n) is 8.59. The van der Waals surface area contributed by atoms with Crippen LogP contribution in [0.15, 0.2) is 41.5 Å². The number of halogens is 2. The molecule has 156 valence electrons. The van der Waals surface area contributed by atoms with Gasteiger partial charge in [0.2, 0.25) is 11.0 Å². The van der Waals surface area contributed by atoms with Crippen LogP contribution in [0.3, 0.4) is 0 Å². The second-order valence-corrected chi connectivity index (χ2v) is 7.88. The largest absolute Gasteiger partial charge is 0.493 e. The summed E-state index contributed by atoms with van der Waals surface area (Å²) in [6, 6.07) is 10.5. The predicted molar refractivity (Wildman–Crippen MR) is 118 cm³/mol. The van der Waals surface area contributed by atoms with Crippen molar-refractivity contribution in [3.05, 3.63) is 62.6 Å². The molecule has 1 aromatic heterocycles. The van der Waals surface area contributed by atoms with Gasteiger partial charge in [-0.3, -0.25) is 4.79 Å². The lowest BCUT2D eigenvalue weighted by molar-refractivity contribution is -0.120. The van der Waals surface area contributed by atoms with Crippen LogP contribution in [0.1, 0.15) is 16.1 Å². The highest BCUT2D eigenvalue weighted by atomic mass is 35.5. The number of amides is 1. The van der Waals surface area contributed by atoms with E-state index in [4.69, 9.17) is 38.4 Å². The van der Waals surface area contributed by atoms with Crippen LogP contribution in [0.25, 0.3) is 0 Å². The molecule has 30 heavy (non-hydrogen) atoms. The van der Waals surface area contributed by atoms with Crippen LogP contribution >= 0.6 is 34.5 Å². The van der Waals surface area contributed by atoms with Crippen LogP contribution in [0, 0.1) is 0 Å². The summed E-state index contributed by atoms with van der Waals surface area (Å²) in [6.07, 6.45) is 1.55. The van der Waals surface area contributed by atoms with E-state index >= 15 is 0 Å². The molecule has 0 radical (unpaired) electrons. The topological polar surface area (TPSA) is 112 Å². The first kappa shape index (κ1) is 21.8. The van der Waals surface area contributed by atoms with Gasteiger partial charge in [-0.25, -0.2) is 5.43 Å². The molecule has 0 fully saturated rings. The summed E-state index contributed by atoms with van der Waals surface area (Å²) in [4.78, 5) is 11.9. The molecule has 0 spiro atoms. The van der Waals surface area contributed by atoms with Gasteiger partial charge in [0.15, 0.2) is 11.5 Å². The molecule has 0 atom stereocenters. The maximum absolute atomic E-state index is 11.9. The number of nitrogen functional groups attached to an aromatic ring is 1. The van der Waals surface area contributed by atoms with Crippen molar-refractivity contribution in [1.82, 2.24) is 15.6 Å². The van der Waals surface area contributed by atoms with Crippen LogP contribution in [0.4, 0.5) is 5.13 Å². The number of nitrogens with two attached hydrogens (primary N) is 1. The number of nitrogens with zero attached hydrogens (tertiary/aromatic N) is 3. The van der Waals surface area contributed by atoms with Crippen molar-refractivity contribution < 1.29 is 14.3 Å². The molecule has 2 aromatic carbocycles. The van der Waals surface area contributed by atoms with E-state index in [0.29, 0.717) is 37.2 Å². The maximum atomic E-state index is 11.9. The summed E-state index contributed by atoms with van der Waals surface area (Å²) < 4.78 is 11.2. The molecule has 0 saturated heterocycles. The van der Waals surface area contributed by atoms with E-state index in [0.717, 1.165) is 16.9 Å². The summed E-state index contributed by atoms with van der Waals surface area (Å²) in [7, 11) is 1.54. The number of methoxy groups -OCH3 is 1. The van der Waals surface area contributed by atoms with Gasteiger partial charge in [0.1, 0.15) is 11.6 Å². The number of carbonyl (C=O) groups excluding carboxylic acids is 1. The van der Waals surface area contributed by atoms with E-state index in [1.54, 1.807) is 36.4 Å². The molecule has 3 rings (SSSR count). The molecule has 0 bridgehead atoms. The zero-order valence-corrected chi connectivity index (χ0v) is 18.1. The minimum absolute atomic E-state index is 0.0512. The summed E-state index contributed by atoms with van der Waals surface area (Å²) in [5.74, 6) is 0.729. The van der Waals surface area contributed by atoms with Crippen LogP contribution in [0.5, 0.6) is 11.5 Å². The van der Waals surface area contributed by atoms with E-state index in [9.17, 15) is 4.79 Å². The number of nitrogens with one attached hydrogen (secondary N) is 1. The number of ether oxygens (including phenoxy) is 2. The zero-order valence-electron chi connectivity index (χ0n) is 15.8. The molecule has 11 heteroatoms. The molecule has 0 unspecified atom stereocenters. The molecule has 3 N–H and O–H groups in total. The predicted octanol–water partition coefficient (Wildman–Crippen LogP) is 3.71. The third-order valence-corrected chi connectivity index (χ3v) is 5.12. The molecule has 8 nitrogen and oxygen atoms in total. The van der Waals surface area contributed by atoms with Gasteiger partial charge in [-0.2, -0.15) is 5.10 Å². The summed E-state index contributed by atoms with van der Waals surface area (Å²) >= 11 is 13.2. The van der Waals surface area contributed by atoms with E-state index in [1.165, 1.54) is 13.3 Å². The van der Waals surface area contributed by atoms with Gasteiger partial charge in [0.25, 0.3) is 0 Å². The number of carbonyl (C=O) groups is 1. The number of hydrazone groups is 1. The first-order valence-corrected chi connectivity index (χ1v) is 10.2. The fraction of sp³-hybridized carbons (Fsp3) is 0.158. The number of rotatable bonds is 8. The van der Waals surface area contributed by atoms with Gasteiger partial charge in [-0.05, 0) is 35.9 Å². The Hall–Kier alpha value is -2.88. The number of hydrogen-bond acceptors (Lipinski definition) is 8. The third kappa shape index (κ3) is 6.06. The quantitative estimate of drug-likeness (QED) is 0.387. The Balaban J connectivity index is 1.59. The Labute approximate surface area is 186 Å². The van der Waals surface area contributed by atoms with Crippen molar-refractivity contribution in [2.24, 2.45) is 5.10 Å². The number of anilines is 1. The molecule has 1 heterocycles. The third-order valence-electron chi connectivity index (χ3n) is 3.78. The molecular formula is C19H17Cl2N5O3S. The highest BCUT2D eigenvalue weighted by Gasteiger charge is 2.09. The lowest BCUT2D eigenvalue weighted by atomic mass is 10.2. The van der Waals surface area contributed by atoms with Crippen molar-refractivity contribution in [2.45, 2.75) is 13.0 Å². The Bertz CT molecular complexity index is 1070. The zero-order chi connectivity index (χ0) is 21.5. The highest BCUT2D eigenvalue weighted by molar-refractivity contribution is 7.15. The lowest BCUT2D eigenvalue weighted by Gasteiger charge is -2.12. The summed E-state index contributed by atoms with van der Waals surface area (Å²) in [6.45, 7) is 0.256. The van der Waals surface area contributed by atoms with E-state index in [1.807, 2.05) is 0 Å². The molecular weight excluding hydrogens is 449 g/mol. The molecule has 0 saturated carbocycles. The van der Waals surface area contributed by atoms with Gasteiger partial charge in [-0.15, -0.1) is 10.2 Å². The normalized spacial score (nSPS) is 10.9. The highest BCUT2D eigenvalue weighted by Crippen LogP contribution is 2.29. The minimum atomic E-state index is -0.325. The Morgan fingerprint density at radius 3 is 2.77 bits per heavy atom. The fourth-order valence-corrected chi connectivity index (χ4v) is 3.44. The van der Waals surface area contributed by atoms with Crippen molar-refractivity contribution in [3.8, 4) is 11.5 Å². The number of benzene rings is 2. The van der Waals surface area contributed by atoms with Gasteiger partial charge in [0.05, 0.1) is 19.7 Å². The smallest absolute Gasteiger partial charge is 0.247 e. The van der Waals surface area contributed by atoms with Crippen molar-refractivity contribution in [1.29, 1.82) is 0 Å². The Morgan fingerprint density at radius 1 is 1.23 bits per heavy atom. The van der Waals surface area contributed by atoms with Gasteiger partial charge in [-0.1, -0.05) is 40.6 Å². The molecule has 0 aliphatic heterocycles. The Morgan fingerprint density at radius 2 is 2.07 bits per heavy atom. The van der Waals surface area contributed by atoms with Crippen molar-refractivity contribution in [3.63, 3.8) is 0 Å². The van der Waals surface area contributed by atoms with E-state index < -0.39 is 0 Å². The second-order valence-electron chi connectivity index (χ2n) is 5.94. The average molecular weight is 466 g/mol. The average Bonchev–Trinajstić information content (AvgIpc) is 3.12. The standard InChI is InChI=1S/C19H17Cl2N5O3S/c1-28-16-6-11(9-23-24-17(27)8-18-25-26-19(22)30-18)2-5-15(16)29-10-12-3-4-13(20)7-14(12)21/h2-7,9H,8,10H2,1H3,(H2,22,26)(H,24,27)/b23-9+. The summed E-state index contributed by atoms with van der Waals surface area (Å²) in [5, 5.41) is 13.3. The van der Waals surface area contributed by atoms with Gasteiger partial charge in [0, 0.05) is 15.6 Å². The van der Waals surface area contributed by atoms with Crippen molar-refractivity contribution in [2.75, 3.05) is 12.8 Å². The molecule has 0 aliphatic rings. The summed E-state index contributed by atoms with van der Waals surface area (Å²) in [5.41, 5.74) is 9.43. The van der Waals surface area contributed by atoms with E-state index in [2.05, 4.69) is 20.7 Å². The molecule has 3 aromatic rings. The number of hydrogen-bond donors (Lipinski definition) is 2. The molecule has 0 aliphatic carbocycles. The SMILES string of the molecule is COc1cc(/C=N/NC(=O)Cc2nnc(N)s2)ccc1OCc1ccc(Cl)cc1Cl. The monoisotopic (exact) mass is 465 g/mol. The first-order chi connectivity index (χ1) is 14.4. The van der Waals surface area contributed by atoms with Crippen LogP contribution in [-0.2, 0) is 17.8 Å². The van der Waals surface area contributed by atoms with Gasteiger partial charge >= 0.3 is 0 Å². The van der Waals surface area contributed by atoms with Crippen molar-refractivity contribution >= 4 is 51.8 Å². The lowest BCUT2D eigenvalue weighted by Crippen LogP contribution is -2.19. The van der Waals surface area contributed by atoms with Crippen LogP contribution in [0.2, 0.25) is 10.0 Å². The van der Waals surface area contributed by atoms with Crippen LogP contribution in [-0.4, -0.2) is 29.4 Å². The minimum Gasteiger partial charge on any atom is -0.493 e. The maximum Gasteiger partial charge on any atom is 0.247 e. The molecule has 1 amide bonds. The second kappa shape index (κ2) is 10.2. The van der Waals surface area contributed by atoms with Crippen LogP contribution < -0.4 is 20.6 Å². The number of aromatic nitrogens is 2.